The molecule has 0 saturated carbocycles. The summed E-state index contributed by atoms with van der Waals surface area (Å²) in [6.07, 6.45) is -14.5. The van der Waals surface area contributed by atoms with Crippen LogP contribution in [0.1, 0.15) is 33.6 Å². The van der Waals surface area contributed by atoms with Crippen LogP contribution in [0.3, 0.4) is 0 Å². The first kappa shape index (κ1) is 21.5. The maximum absolute atomic E-state index is 12.9. The summed E-state index contributed by atoms with van der Waals surface area (Å²) in [6, 6.07) is 0. The minimum atomic E-state index is -5.73. The van der Waals surface area contributed by atoms with E-state index in [1.807, 2.05) is 0 Å². The monoisotopic (exact) mass is 380 g/mol. The van der Waals surface area contributed by atoms with Crippen molar-refractivity contribution >= 4 is 11.9 Å². The molecule has 1 saturated heterocycles. The maximum atomic E-state index is 12.9. The van der Waals surface area contributed by atoms with Crippen LogP contribution in [0, 0.1) is 11.8 Å². The van der Waals surface area contributed by atoms with Gasteiger partial charge in [-0.25, -0.2) is 4.79 Å². The topological polar surface area (TPSA) is 61.8 Å². The Labute approximate surface area is 139 Å². The molecule has 0 aromatic heterocycles. The Balaban J connectivity index is 2.75. The molecule has 11 heteroatoms. The summed E-state index contributed by atoms with van der Waals surface area (Å²) in [5.41, 5.74) is -4.40. The number of halogens is 6. The third kappa shape index (κ3) is 4.56. The summed E-state index contributed by atoms with van der Waals surface area (Å²) < 4.78 is 90.7. The third-order valence-corrected chi connectivity index (χ3v) is 3.90. The zero-order valence-electron chi connectivity index (χ0n) is 13.7. The van der Waals surface area contributed by atoms with Gasteiger partial charge in [0.25, 0.3) is 5.60 Å². The van der Waals surface area contributed by atoms with Crippen molar-refractivity contribution in [1.29, 1.82) is 0 Å². The highest BCUT2D eigenvalue weighted by atomic mass is 19.4. The first-order chi connectivity index (χ1) is 11.2. The molecule has 1 rings (SSSR count). The molecule has 0 amide bonds. The molecular formula is C14H18F6O5. The fourth-order valence-corrected chi connectivity index (χ4v) is 2.18. The summed E-state index contributed by atoms with van der Waals surface area (Å²) in [5.74, 6) is -3.91. The van der Waals surface area contributed by atoms with E-state index in [9.17, 15) is 35.9 Å². The Morgan fingerprint density at radius 2 is 1.72 bits per heavy atom. The van der Waals surface area contributed by atoms with Gasteiger partial charge in [-0.1, -0.05) is 20.8 Å². The predicted molar refractivity (Wildman–Crippen MR) is 70.0 cm³/mol. The van der Waals surface area contributed by atoms with E-state index < -0.39 is 61.0 Å². The fourth-order valence-electron chi connectivity index (χ4n) is 2.18. The number of carbonyl (C=O) groups is 2. The first-order valence-electron chi connectivity index (χ1n) is 7.42. The SMILES string of the molecule is CCC(C)C(=O)OCC(=O)OC1OC(C(F)(F)F)(C(F)(F)F)CC1C. The molecule has 0 aliphatic carbocycles. The fraction of sp³-hybridized carbons (Fsp3) is 0.857. The van der Waals surface area contributed by atoms with E-state index in [1.165, 1.54) is 6.92 Å². The second-order valence-electron chi connectivity index (χ2n) is 5.90. The number of rotatable bonds is 5. The second kappa shape index (κ2) is 7.38. The van der Waals surface area contributed by atoms with E-state index >= 15 is 0 Å². The van der Waals surface area contributed by atoms with Crippen molar-refractivity contribution in [3.8, 4) is 0 Å². The molecule has 1 heterocycles. The van der Waals surface area contributed by atoms with Crippen LogP contribution in [0.2, 0.25) is 0 Å². The molecule has 3 unspecified atom stereocenters. The van der Waals surface area contributed by atoms with Gasteiger partial charge in [0.15, 0.2) is 6.61 Å². The van der Waals surface area contributed by atoms with Gasteiger partial charge in [-0.05, 0) is 6.42 Å². The zero-order valence-corrected chi connectivity index (χ0v) is 13.7. The molecule has 5 nitrogen and oxygen atoms in total. The van der Waals surface area contributed by atoms with Crippen molar-refractivity contribution in [2.24, 2.45) is 11.8 Å². The van der Waals surface area contributed by atoms with Crippen LogP contribution in [-0.2, 0) is 23.8 Å². The molecule has 0 aromatic carbocycles. The summed E-state index contributed by atoms with van der Waals surface area (Å²) in [5, 5.41) is 0. The van der Waals surface area contributed by atoms with Crippen molar-refractivity contribution in [3.05, 3.63) is 0 Å². The van der Waals surface area contributed by atoms with Gasteiger partial charge in [-0.2, -0.15) is 26.3 Å². The lowest BCUT2D eigenvalue weighted by Gasteiger charge is -2.32. The summed E-state index contributed by atoms with van der Waals surface area (Å²) in [6.45, 7) is 3.31. The lowest BCUT2D eigenvalue weighted by atomic mass is 9.93. The smallest absolute Gasteiger partial charge is 0.426 e. The predicted octanol–water partition coefficient (Wildman–Crippen LogP) is 3.36. The summed E-state index contributed by atoms with van der Waals surface area (Å²) >= 11 is 0. The molecule has 1 aliphatic rings. The minimum Gasteiger partial charge on any atom is -0.453 e. The Kier molecular flexibility index (Phi) is 6.36. The van der Waals surface area contributed by atoms with Crippen LogP contribution in [0.15, 0.2) is 0 Å². The third-order valence-electron chi connectivity index (χ3n) is 3.90. The highest BCUT2D eigenvalue weighted by molar-refractivity contribution is 5.77. The van der Waals surface area contributed by atoms with E-state index in [0.29, 0.717) is 6.42 Å². The number of carbonyl (C=O) groups excluding carboxylic acids is 2. The van der Waals surface area contributed by atoms with E-state index in [-0.39, 0.29) is 0 Å². The Morgan fingerprint density at radius 3 is 2.12 bits per heavy atom. The molecule has 0 radical (unpaired) electrons. The van der Waals surface area contributed by atoms with Gasteiger partial charge in [0.05, 0.1) is 5.92 Å². The Hall–Kier alpha value is -1.52. The Bertz CT molecular complexity index is 487. The molecule has 1 fully saturated rings. The van der Waals surface area contributed by atoms with Crippen LogP contribution in [0.5, 0.6) is 0 Å². The average Bonchev–Trinajstić information content (AvgIpc) is 2.81. The van der Waals surface area contributed by atoms with Crippen LogP contribution in [0.25, 0.3) is 0 Å². The molecule has 3 atom stereocenters. The van der Waals surface area contributed by atoms with Gasteiger partial charge in [0, 0.05) is 12.3 Å². The van der Waals surface area contributed by atoms with Gasteiger partial charge in [-0.3, -0.25) is 4.79 Å². The number of esters is 2. The van der Waals surface area contributed by atoms with Crippen LogP contribution in [0.4, 0.5) is 26.3 Å². The number of alkyl halides is 6. The van der Waals surface area contributed by atoms with Gasteiger partial charge in [0.1, 0.15) is 0 Å². The number of hydrogen-bond acceptors (Lipinski definition) is 5. The summed E-state index contributed by atoms with van der Waals surface area (Å²) in [4.78, 5) is 22.9. The first-order valence-corrected chi connectivity index (χ1v) is 7.42. The zero-order chi connectivity index (χ0) is 19.6. The normalized spacial score (nSPS) is 24.7. The van der Waals surface area contributed by atoms with Crippen molar-refractivity contribution < 1.29 is 50.1 Å². The van der Waals surface area contributed by atoms with E-state index in [4.69, 9.17) is 0 Å². The van der Waals surface area contributed by atoms with E-state index in [0.717, 1.165) is 6.92 Å². The van der Waals surface area contributed by atoms with Gasteiger partial charge >= 0.3 is 24.3 Å². The molecule has 0 aromatic rings. The quantitative estimate of drug-likeness (QED) is 0.541. The lowest BCUT2D eigenvalue weighted by Crippen LogP contribution is -2.57. The van der Waals surface area contributed by atoms with Crippen LogP contribution < -0.4 is 0 Å². The van der Waals surface area contributed by atoms with E-state index in [2.05, 4.69) is 14.2 Å². The second-order valence-corrected chi connectivity index (χ2v) is 5.90. The highest BCUT2D eigenvalue weighted by Gasteiger charge is 2.76. The van der Waals surface area contributed by atoms with Crippen molar-refractivity contribution in [3.63, 3.8) is 0 Å². The van der Waals surface area contributed by atoms with Crippen LogP contribution in [-0.4, -0.2) is 42.8 Å². The molecule has 25 heavy (non-hydrogen) atoms. The molecule has 0 bridgehead atoms. The molecule has 0 N–H and O–H groups in total. The minimum absolute atomic E-state index is 0.427. The van der Waals surface area contributed by atoms with Crippen molar-refractivity contribution in [2.75, 3.05) is 6.61 Å². The maximum Gasteiger partial charge on any atom is 0.426 e. The summed E-state index contributed by atoms with van der Waals surface area (Å²) in [7, 11) is 0. The van der Waals surface area contributed by atoms with Gasteiger partial charge in [-0.15, -0.1) is 0 Å². The number of ether oxygens (including phenoxy) is 3. The number of hydrogen-bond donors (Lipinski definition) is 0. The van der Waals surface area contributed by atoms with Gasteiger partial charge < -0.3 is 14.2 Å². The molecular weight excluding hydrogens is 362 g/mol. The van der Waals surface area contributed by atoms with Gasteiger partial charge in [0.2, 0.25) is 6.29 Å². The largest absolute Gasteiger partial charge is 0.453 e. The van der Waals surface area contributed by atoms with E-state index in [1.54, 1.807) is 6.92 Å². The lowest BCUT2D eigenvalue weighted by molar-refractivity contribution is -0.385. The van der Waals surface area contributed by atoms with Crippen molar-refractivity contribution in [1.82, 2.24) is 0 Å². The Morgan fingerprint density at radius 1 is 1.20 bits per heavy atom. The van der Waals surface area contributed by atoms with Crippen LogP contribution >= 0.6 is 0 Å². The molecule has 146 valence electrons. The average molecular weight is 380 g/mol. The van der Waals surface area contributed by atoms with Crippen molar-refractivity contribution in [2.45, 2.75) is 57.9 Å². The molecule has 1 aliphatic heterocycles. The highest BCUT2D eigenvalue weighted by Crippen LogP contribution is 2.54. The molecule has 0 spiro atoms. The standard InChI is InChI=1S/C14H18F6O5/c1-4-7(2)10(22)23-6-9(21)24-11-8(3)5-12(25-11,13(15,16)17)14(18,19)20/h7-8,11H,4-6H2,1-3H3.